The summed E-state index contributed by atoms with van der Waals surface area (Å²) in [4.78, 5) is 24.6. The summed E-state index contributed by atoms with van der Waals surface area (Å²) in [6.07, 6.45) is 0. The van der Waals surface area contributed by atoms with Crippen LogP contribution in [0.15, 0.2) is 71.6 Å². The van der Waals surface area contributed by atoms with Gasteiger partial charge in [-0.05, 0) is 62.4 Å². The molecular formula is C26H28N2O7S. The molecule has 1 amide bonds. The Labute approximate surface area is 210 Å². The van der Waals surface area contributed by atoms with Crippen LogP contribution in [-0.4, -0.2) is 47.5 Å². The first-order valence-corrected chi connectivity index (χ1v) is 12.5. The molecule has 0 aliphatic heterocycles. The molecule has 0 spiro atoms. The third kappa shape index (κ3) is 6.14. The van der Waals surface area contributed by atoms with E-state index in [1.54, 1.807) is 42.5 Å². The van der Waals surface area contributed by atoms with Crippen molar-refractivity contribution in [3.63, 3.8) is 0 Å². The van der Waals surface area contributed by atoms with Gasteiger partial charge in [0.05, 0.1) is 31.4 Å². The van der Waals surface area contributed by atoms with E-state index < -0.39 is 22.5 Å². The van der Waals surface area contributed by atoms with E-state index in [4.69, 9.17) is 14.2 Å². The second-order valence-electron chi connectivity index (χ2n) is 7.64. The number of carbonyl (C=O) groups is 2. The number of nitrogens with one attached hydrogen (secondary N) is 1. The zero-order valence-corrected chi connectivity index (χ0v) is 21.3. The lowest BCUT2D eigenvalue weighted by atomic mass is 10.1. The van der Waals surface area contributed by atoms with E-state index in [0.717, 1.165) is 4.31 Å². The van der Waals surface area contributed by atoms with Crippen molar-refractivity contribution >= 4 is 33.1 Å². The van der Waals surface area contributed by atoms with E-state index in [-0.39, 0.29) is 22.1 Å². The molecule has 3 aromatic rings. The lowest BCUT2D eigenvalue weighted by Crippen LogP contribution is -2.38. The number of amides is 1. The zero-order chi connectivity index (χ0) is 26.3. The third-order valence-corrected chi connectivity index (χ3v) is 6.99. The first kappa shape index (κ1) is 26.6. The van der Waals surface area contributed by atoms with Gasteiger partial charge in [0.15, 0.2) is 17.3 Å². The minimum absolute atomic E-state index is 0.0830. The van der Waals surface area contributed by atoms with Crippen LogP contribution in [0.4, 0.5) is 11.4 Å². The molecular weight excluding hydrogens is 484 g/mol. The number of nitrogens with zero attached hydrogens (tertiary/aromatic N) is 1. The number of sulfonamides is 1. The lowest BCUT2D eigenvalue weighted by Gasteiger charge is -2.25. The van der Waals surface area contributed by atoms with Gasteiger partial charge in [0.25, 0.3) is 10.0 Å². The van der Waals surface area contributed by atoms with Gasteiger partial charge in [-0.2, -0.15) is 0 Å². The highest BCUT2D eigenvalue weighted by Crippen LogP contribution is 2.32. The topological polar surface area (TPSA) is 111 Å². The fourth-order valence-corrected chi connectivity index (χ4v) is 4.88. The zero-order valence-electron chi connectivity index (χ0n) is 20.5. The van der Waals surface area contributed by atoms with Crippen molar-refractivity contribution in [3.8, 4) is 17.2 Å². The van der Waals surface area contributed by atoms with Crippen molar-refractivity contribution in [2.24, 2.45) is 0 Å². The van der Waals surface area contributed by atoms with Gasteiger partial charge in [-0.25, -0.2) is 8.42 Å². The SMILES string of the molecule is CCOc1ccc(N(CC(=O)Nc2cccc(C(C)=O)c2)S(=O)(=O)c2ccc(OC)c(OC)c2)cc1. The van der Waals surface area contributed by atoms with Crippen molar-refractivity contribution < 1.29 is 32.2 Å². The number of carbonyl (C=O) groups excluding carboxylic acids is 2. The molecule has 0 atom stereocenters. The Morgan fingerprint density at radius 1 is 0.917 bits per heavy atom. The molecule has 36 heavy (non-hydrogen) atoms. The Morgan fingerprint density at radius 3 is 2.22 bits per heavy atom. The van der Waals surface area contributed by atoms with Crippen LogP contribution >= 0.6 is 0 Å². The molecule has 0 saturated heterocycles. The quantitative estimate of drug-likeness (QED) is 0.384. The Kier molecular flexibility index (Phi) is 8.55. The second-order valence-corrected chi connectivity index (χ2v) is 9.50. The summed E-state index contributed by atoms with van der Waals surface area (Å²) >= 11 is 0. The van der Waals surface area contributed by atoms with Crippen molar-refractivity contribution in [2.75, 3.05) is 37.0 Å². The number of anilines is 2. The van der Waals surface area contributed by atoms with Gasteiger partial charge in [0, 0.05) is 17.3 Å². The second kappa shape index (κ2) is 11.6. The first-order valence-electron chi connectivity index (χ1n) is 11.1. The maximum Gasteiger partial charge on any atom is 0.264 e. The number of ketones is 1. The van der Waals surface area contributed by atoms with E-state index >= 15 is 0 Å². The monoisotopic (exact) mass is 512 g/mol. The van der Waals surface area contributed by atoms with Gasteiger partial charge in [-0.15, -0.1) is 0 Å². The minimum Gasteiger partial charge on any atom is -0.494 e. The average molecular weight is 513 g/mol. The summed E-state index contributed by atoms with van der Waals surface area (Å²) in [5.74, 6) is 0.421. The van der Waals surface area contributed by atoms with Gasteiger partial charge < -0.3 is 19.5 Å². The molecule has 9 nitrogen and oxygen atoms in total. The van der Waals surface area contributed by atoms with Crippen LogP contribution in [0.5, 0.6) is 17.2 Å². The van der Waals surface area contributed by atoms with Crippen molar-refractivity contribution in [1.82, 2.24) is 0 Å². The van der Waals surface area contributed by atoms with E-state index in [2.05, 4.69) is 5.32 Å². The van der Waals surface area contributed by atoms with Crippen molar-refractivity contribution in [3.05, 3.63) is 72.3 Å². The number of Topliss-reactive ketones (excluding diaryl/α,β-unsaturated/α-hetero) is 1. The first-order chi connectivity index (χ1) is 17.2. The van der Waals surface area contributed by atoms with Crippen LogP contribution in [0.1, 0.15) is 24.2 Å². The number of rotatable bonds is 11. The fourth-order valence-electron chi connectivity index (χ4n) is 3.44. The minimum atomic E-state index is -4.20. The molecule has 3 aromatic carbocycles. The molecule has 0 radical (unpaired) electrons. The van der Waals surface area contributed by atoms with Gasteiger partial charge in [0.2, 0.25) is 5.91 Å². The van der Waals surface area contributed by atoms with E-state index in [1.165, 1.54) is 45.4 Å². The molecule has 0 heterocycles. The molecule has 0 saturated carbocycles. The number of hydrogen-bond donors (Lipinski definition) is 1. The summed E-state index contributed by atoms with van der Waals surface area (Å²) in [5.41, 5.74) is 1.07. The van der Waals surface area contributed by atoms with Crippen LogP contribution < -0.4 is 23.8 Å². The number of benzene rings is 3. The smallest absolute Gasteiger partial charge is 0.264 e. The summed E-state index contributed by atoms with van der Waals surface area (Å²) in [6, 6.07) is 17.0. The predicted molar refractivity (Wildman–Crippen MR) is 137 cm³/mol. The van der Waals surface area contributed by atoms with Gasteiger partial charge in [0.1, 0.15) is 12.3 Å². The van der Waals surface area contributed by atoms with E-state index in [0.29, 0.717) is 29.4 Å². The van der Waals surface area contributed by atoms with Gasteiger partial charge in [-0.3, -0.25) is 13.9 Å². The maximum atomic E-state index is 13.7. The lowest BCUT2D eigenvalue weighted by molar-refractivity contribution is -0.114. The van der Waals surface area contributed by atoms with Crippen LogP contribution in [0.3, 0.4) is 0 Å². The Bertz CT molecular complexity index is 1340. The highest BCUT2D eigenvalue weighted by Gasteiger charge is 2.28. The number of methoxy groups -OCH3 is 2. The number of hydrogen-bond acceptors (Lipinski definition) is 7. The molecule has 0 aromatic heterocycles. The molecule has 0 aliphatic carbocycles. The standard InChI is InChI=1S/C26H28N2O7S/c1-5-35-22-11-9-21(10-12-22)28(17-26(30)27-20-8-6-7-19(15-20)18(2)29)36(31,32)23-13-14-24(33-3)25(16-23)34-4/h6-16H,5,17H2,1-4H3,(H,27,30). The largest absolute Gasteiger partial charge is 0.494 e. The molecule has 3 rings (SSSR count). The summed E-state index contributed by atoms with van der Waals surface area (Å²) in [7, 11) is -1.35. The Hall–Kier alpha value is -4.05. The Balaban J connectivity index is 1.98. The number of ether oxygens (including phenoxy) is 3. The Morgan fingerprint density at radius 2 is 1.61 bits per heavy atom. The molecule has 10 heteroatoms. The molecule has 0 aliphatic rings. The molecule has 0 bridgehead atoms. The van der Waals surface area contributed by atoms with Gasteiger partial charge >= 0.3 is 0 Å². The van der Waals surface area contributed by atoms with Crippen molar-refractivity contribution in [1.29, 1.82) is 0 Å². The highest BCUT2D eigenvalue weighted by atomic mass is 32.2. The summed E-state index contributed by atoms with van der Waals surface area (Å²) in [6.45, 7) is 3.20. The maximum absolute atomic E-state index is 13.7. The highest BCUT2D eigenvalue weighted by molar-refractivity contribution is 7.92. The van der Waals surface area contributed by atoms with E-state index in [1.807, 2.05) is 6.92 Å². The van der Waals surface area contributed by atoms with Crippen molar-refractivity contribution in [2.45, 2.75) is 18.7 Å². The van der Waals surface area contributed by atoms with E-state index in [9.17, 15) is 18.0 Å². The molecule has 0 fully saturated rings. The molecule has 190 valence electrons. The summed E-state index contributed by atoms with van der Waals surface area (Å²) in [5, 5.41) is 2.67. The van der Waals surface area contributed by atoms with Crippen LogP contribution in [0.2, 0.25) is 0 Å². The summed E-state index contributed by atoms with van der Waals surface area (Å²) < 4.78 is 44.3. The third-order valence-electron chi connectivity index (χ3n) is 5.22. The van der Waals surface area contributed by atoms with Gasteiger partial charge in [-0.1, -0.05) is 12.1 Å². The average Bonchev–Trinajstić information content (AvgIpc) is 2.87. The fraction of sp³-hybridized carbons (Fsp3) is 0.231. The van der Waals surface area contributed by atoms with Crippen LogP contribution in [-0.2, 0) is 14.8 Å². The molecule has 1 N–H and O–H groups in total. The molecule has 0 unspecified atom stereocenters. The predicted octanol–water partition coefficient (Wildman–Crippen LogP) is 4.14. The van der Waals surface area contributed by atoms with Crippen LogP contribution in [0.25, 0.3) is 0 Å². The normalized spacial score (nSPS) is 10.9. The van der Waals surface area contributed by atoms with Crippen LogP contribution in [0, 0.1) is 0 Å².